The summed E-state index contributed by atoms with van der Waals surface area (Å²) in [6, 6.07) is 60.6. The smallest absolute Gasteiger partial charge is 0.256 e. The van der Waals surface area contributed by atoms with E-state index in [9.17, 15) is 0 Å². The fourth-order valence-electron chi connectivity index (χ4n) is 12.8. The molecule has 7 aromatic carbocycles. The third kappa shape index (κ3) is 10.4. The average molecular weight is 1130 g/mol. The Balaban J connectivity index is 1.25. The monoisotopic (exact) mass is 1130 g/mol. The number of aromatic nitrogens is 3. The number of anilines is 3. The van der Waals surface area contributed by atoms with Gasteiger partial charge in [-0.1, -0.05) is 212 Å². The minimum Gasteiger partial charge on any atom is -0.458 e. The number of pyridine rings is 2. The number of hydrogen-bond acceptors (Lipinski definition) is 4. The van der Waals surface area contributed by atoms with E-state index in [0.29, 0.717) is 0 Å². The molecule has 10 aromatic rings. The second kappa shape index (κ2) is 19.9. The summed E-state index contributed by atoms with van der Waals surface area (Å²) < 4.78 is 9.93. The highest BCUT2D eigenvalue weighted by atomic mass is 16.5. The second-order valence-electron chi connectivity index (χ2n) is 32.1. The van der Waals surface area contributed by atoms with Crippen molar-refractivity contribution in [2.45, 2.75) is 183 Å². The van der Waals surface area contributed by atoms with Gasteiger partial charge < -0.3 is 14.2 Å². The topological polar surface area (TPSA) is 43.2 Å². The summed E-state index contributed by atoms with van der Waals surface area (Å²) in [7, 11) is 0. The molecule has 5 heterocycles. The molecule has 0 aliphatic carbocycles. The number of hydrogen-bond donors (Lipinski definition) is 0. The number of benzene rings is 7. The van der Waals surface area contributed by atoms with Crippen LogP contribution < -0.4 is 26.0 Å². The van der Waals surface area contributed by atoms with E-state index in [2.05, 4.69) is 313 Å². The molecular formula is C80H89BN4O. The van der Waals surface area contributed by atoms with Crippen molar-refractivity contribution in [1.82, 2.24) is 14.5 Å². The maximum atomic E-state index is 7.40. The Bertz CT molecular complexity index is 4200. The Kier molecular flexibility index (Phi) is 13.6. The van der Waals surface area contributed by atoms with Gasteiger partial charge in [0.05, 0.1) is 28.1 Å². The van der Waals surface area contributed by atoms with Gasteiger partial charge >= 0.3 is 0 Å². The van der Waals surface area contributed by atoms with E-state index in [0.717, 1.165) is 84.6 Å². The van der Waals surface area contributed by atoms with Gasteiger partial charge in [0.15, 0.2) is 0 Å². The lowest BCUT2D eigenvalue weighted by molar-refractivity contribution is 0.483. The first-order valence-electron chi connectivity index (χ1n) is 31.3. The summed E-state index contributed by atoms with van der Waals surface area (Å²) in [5, 5.41) is 2.52. The first kappa shape index (κ1) is 58.7. The van der Waals surface area contributed by atoms with E-state index in [-0.39, 0.29) is 44.6 Å². The number of ether oxygens (including phenoxy) is 1. The fourth-order valence-corrected chi connectivity index (χ4v) is 12.8. The molecule has 0 fully saturated rings. The lowest BCUT2D eigenvalue weighted by Gasteiger charge is -2.43. The Morgan fingerprint density at radius 1 is 0.360 bits per heavy atom. The number of fused-ring (bicyclic) bond motifs is 7. The van der Waals surface area contributed by atoms with Crippen LogP contribution in [0.3, 0.4) is 0 Å². The molecule has 438 valence electrons. The third-order valence-corrected chi connectivity index (χ3v) is 18.2. The van der Waals surface area contributed by atoms with E-state index < -0.39 is 0 Å². The van der Waals surface area contributed by atoms with Gasteiger partial charge in [-0.3, -0.25) is 9.97 Å². The summed E-state index contributed by atoms with van der Waals surface area (Å²) in [6.45, 7) is 48.1. The molecule has 3 aromatic heterocycles. The quantitative estimate of drug-likeness (QED) is 0.161. The van der Waals surface area contributed by atoms with Crippen molar-refractivity contribution in [2.75, 3.05) is 4.90 Å². The van der Waals surface area contributed by atoms with Crippen LogP contribution in [0.5, 0.6) is 11.5 Å². The van der Waals surface area contributed by atoms with Crippen LogP contribution >= 0.6 is 0 Å². The normalized spacial score (nSPS) is 13.9. The summed E-state index contributed by atoms with van der Waals surface area (Å²) >= 11 is 0. The molecule has 6 heteroatoms. The van der Waals surface area contributed by atoms with Gasteiger partial charge in [0, 0.05) is 61.2 Å². The van der Waals surface area contributed by atoms with Crippen molar-refractivity contribution in [1.29, 1.82) is 0 Å². The lowest BCUT2D eigenvalue weighted by Crippen LogP contribution is -2.59. The van der Waals surface area contributed by atoms with E-state index in [1.807, 2.05) is 0 Å². The summed E-state index contributed by atoms with van der Waals surface area (Å²) in [6.07, 6.45) is 0. The molecule has 0 bridgehead atoms. The highest BCUT2D eigenvalue weighted by Crippen LogP contribution is 2.52. The second-order valence-corrected chi connectivity index (χ2v) is 32.1. The molecule has 86 heavy (non-hydrogen) atoms. The molecular weight excluding hydrogens is 1040 g/mol. The average Bonchev–Trinajstić information content (AvgIpc) is 0.818. The number of rotatable bonds is 5. The van der Waals surface area contributed by atoms with Gasteiger partial charge in [0.1, 0.15) is 11.5 Å². The molecule has 12 rings (SSSR count). The van der Waals surface area contributed by atoms with E-state index in [1.165, 1.54) is 60.6 Å². The van der Waals surface area contributed by atoms with Crippen LogP contribution in [-0.2, 0) is 37.9 Å². The van der Waals surface area contributed by atoms with Crippen LogP contribution in [0, 0.1) is 0 Å². The lowest BCUT2D eigenvalue weighted by atomic mass is 9.34. The van der Waals surface area contributed by atoms with Crippen LogP contribution in [0.25, 0.3) is 61.1 Å². The van der Waals surface area contributed by atoms with Gasteiger partial charge in [-0.2, -0.15) is 0 Å². The highest BCUT2D eigenvalue weighted by Gasteiger charge is 2.45. The van der Waals surface area contributed by atoms with Crippen LogP contribution in [0.2, 0.25) is 0 Å². The Labute approximate surface area is 514 Å². The Morgan fingerprint density at radius 2 is 0.837 bits per heavy atom. The predicted octanol–water partition coefficient (Wildman–Crippen LogP) is 20.1. The molecule has 0 saturated carbocycles. The number of nitrogens with zero attached hydrogens (tertiary/aromatic N) is 4. The van der Waals surface area contributed by atoms with E-state index >= 15 is 0 Å². The molecule has 0 N–H and O–H groups in total. The minimum absolute atomic E-state index is 0.0368. The maximum Gasteiger partial charge on any atom is 0.256 e. The van der Waals surface area contributed by atoms with Crippen LogP contribution in [-0.4, -0.2) is 21.2 Å². The van der Waals surface area contributed by atoms with Crippen molar-refractivity contribution < 1.29 is 4.74 Å². The zero-order valence-electron chi connectivity index (χ0n) is 55.3. The SMILES string of the molecule is CC(C)(C)c1ccc(-c2ccc3c(c2)B2c4ccc(-n5c6ccc(C(C)(C)C)cc6c6cc(C(C)(C)C)ccc65)cc4N(c4c(-c5cccc(C(C)(C)C)n5)cc(C(C)(C)C)cc4-c4cccc(C(C)(C)C)n4)c4cc(C(C)(C)C)cc(c42)O3)cc1. The molecule has 0 unspecified atom stereocenters. The van der Waals surface area contributed by atoms with Crippen LogP contribution in [0.4, 0.5) is 17.1 Å². The minimum atomic E-state index is -0.241. The zero-order chi connectivity index (χ0) is 61.7. The van der Waals surface area contributed by atoms with Crippen molar-refractivity contribution in [3.63, 3.8) is 0 Å². The van der Waals surface area contributed by atoms with E-state index in [1.54, 1.807) is 0 Å². The first-order chi connectivity index (χ1) is 40.0. The van der Waals surface area contributed by atoms with Gasteiger partial charge in [-0.15, -0.1) is 0 Å². The van der Waals surface area contributed by atoms with Crippen molar-refractivity contribution in [3.8, 4) is 50.8 Å². The summed E-state index contributed by atoms with van der Waals surface area (Å²) in [4.78, 5) is 14.0. The standard InChI is InChI=1S/C80H89BN4O/c1-74(2,3)50-31-28-48(29-32-50)49-30-39-68-61(40-49)81-60-36-35-55(84-64-37-33-51(75(4,5)6)41-56(64)57-42-52(76(7,8)9)34-38-65(57)84)47-66(60)85(67-45-54(78(13,14)15)46-69(86-68)72(67)81)73-58(62-24-22-26-70(82-62)79(16,17)18)43-53(77(10,11)12)44-59(73)63-25-23-27-71(83-63)80(19,20)21/h22-47H,1-21H3. The molecule has 0 radical (unpaired) electrons. The highest BCUT2D eigenvalue weighted by molar-refractivity contribution is 6.99. The van der Waals surface area contributed by atoms with Gasteiger partial charge in [0.2, 0.25) is 0 Å². The Morgan fingerprint density at radius 3 is 1.33 bits per heavy atom. The van der Waals surface area contributed by atoms with Crippen molar-refractivity contribution >= 4 is 62.0 Å². The maximum absolute atomic E-state index is 7.40. The molecule has 0 saturated heterocycles. The Hall–Kier alpha value is -7.70. The molecule has 2 aliphatic rings. The third-order valence-electron chi connectivity index (χ3n) is 18.2. The molecule has 0 amide bonds. The first-order valence-corrected chi connectivity index (χ1v) is 31.3. The molecule has 0 atom stereocenters. The fraction of sp³-hybridized carbons (Fsp3) is 0.350. The largest absolute Gasteiger partial charge is 0.458 e. The van der Waals surface area contributed by atoms with Gasteiger partial charge in [-0.05, 0) is 173 Å². The molecule has 5 nitrogen and oxygen atoms in total. The van der Waals surface area contributed by atoms with Gasteiger partial charge in [-0.25, -0.2) is 0 Å². The van der Waals surface area contributed by atoms with Crippen molar-refractivity contribution in [2.24, 2.45) is 0 Å². The zero-order valence-corrected chi connectivity index (χ0v) is 55.3. The molecule has 2 aliphatic heterocycles. The van der Waals surface area contributed by atoms with E-state index in [4.69, 9.17) is 14.7 Å². The van der Waals surface area contributed by atoms with Crippen LogP contribution in [0.1, 0.15) is 185 Å². The summed E-state index contributed by atoms with van der Waals surface area (Å²) in [5.41, 5.74) is 24.0. The molecule has 0 spiro atoms. The summed E-state index contributed by atoms with van der Waals surface area (Å²) in [5.74, 6) is 1.76. The van der Waals surface area contributed by atoms with Crippen LogP contribution in [0.15, 0.2) is 158 Å². The van der Waals surface area contributed by atoms with Crippen molar-refractivity contribution in [3.05, 3.63) is 197 Å². The predicted molar refractivity (Wildman–Crippen MR) is 369 cm³/mol. The van der Waals surface area contributed by atoms with Gasteiger partial charge in [0.25, 0.3) is 6.71 Å².